The number of benzene rings is 1. The molecule has 104 valence electrons. The molecule has 0 radical (unpaired) electrons. The van der Waals surface area contributed by atoms with Crippen LogP contribution in [-0.4, -0.2) is 12.5 Å². The van der Waals surface area contributed by atoms with Crippen molar-refractivity contribution in [3.8, 4) is 0 Å². The third kappa shape index (κ3) is 3.35. The zero-order valence-corrected chi connectivity index (χ0v) is 12.1. The standard InChI is InChI=1S/C16H24N2O/c1-11(12-4-5-12)15(19)18-14-8-6-13(7-9-14)16(2,3)10-17/h6-9,11-12H,4-5,10,17H2,1-3H3,(H,18,19). The average molecular weight is 260 g/mol. The van der Waals surface area contributed by atoms with Crippen LogP contribution in [-0.2, 0) is 10.2 Å². The van der Waals surface area contributed by atoms with Crippen LogP contribution in [0, 0.1) is 11.8 Å². The molecule has 1 aromatic carbocycles. The van der Waals surface area contributed by atoms with Gasteiger partial charge in [-0.25, -0.2) is 0 Å². The molecule has 0 heterocycles. The van der Waals surface area contributed by atoms with Gasteiger partial charge in [0.05, 0.1) is 0 Å². The van der Waals surface area contributed by atoms with Gasteiger partial charge in [-0.15, -0.1) is 0 Å². The van der Waals surface area contributed by atoms with E-state index < -0.39 is 0 Å². The molecule has 1 fully saturated rings. The number of rotatable bonds is 5. The van der Waals surface area contributed by atoms with Crippen molar-refractivity contribution in [1.29, 1.82) is 0 Å². The number of hydrogen-bond donors (Lipinski definition) is 2. The van der Waals surface area contributed by atoms with E-state index in [1.807, 2.05) is 31.2 Å². The summed E-state index contributed by atoms with van der Waals surface area (Å²) in [6.07, 6.45) is 2.39. The first-order chi connectivity index (χ1) is 8.94. The minimum absolute atomic E-state index is 0.0240. The first-order valence-electron chi connectivity index (χ1n) is 7.05. The summed E-state index contributed by atoms with van der Waals surface area (Å²) in [7, 11) is 0. The van der Waals surface area contributed by atoms with Gasteiger partial charge in [0.1, 0.15) is 0 Å². The van der Waals surface area contributed by atoms with Crippen LogP contribution in [0.4, 0.5) is 5.69 Å². The lowest BCUT2D eigenvalue weighted by atomic mass is 9.85. The molecule has 1 aliphatic carbocycles. The number of nitrogens with two attached hydrogens (primary N) is 1. The fraction of sp³-hybridized carbons (Fsp3) is 0.562. The third-order valence-corrected chi connectivity index (χ3v) is 4.19. The highest BCUT2D eigenvalue weighted by Crippen LogP contribution is 2.37. The van der Waals surface area contributed by atoms with Crippen LogP contribution >= 0.6 is 0 Å². The van der Waals surface area contributed by atoms with Crippen molar-refractivity contribution in [3.63, 3.8) is 0 Å². The zero-order chi connectivity index (χ0) is 14.0. The summed E-state index contributed by atoms with van der Waals surface area (Å²) >= 11 is 0. The first-order valence-corrected chi connectivity index (χ1v) is 7.05. The van der Waals surface area contributed by atoms with Crippen molar-refractivity contribution < 1.29 is 4.79 Å². The monoisotopic (exact) mass is 260 g/mol. The fourth-order valence-electron chi connectivity index (χ4n) is 2.19. The van der Waals surface area contributed by atoms with Gasteiger partial charge in [0, 0.05) is 23.6 Å². The van der Waals surface area contributed by atoms with Crippen LogP contribution in [0.15, 0.2) is 24.3 Å². The van der Waals surface area contributed by atoms with Crippen molar-refractivity contribution in [1.82, 2.24) is 0 Å². The molecule has 19 heavy (non-hydrogen) atoms. The van der Waals surface area contributed by atoms with Crippen LogP contribution in [0.3, 0.4) is 0 Å². The van der Waals surface area contributed by atoms with E-state index in [4.69, 9.17) is 5.73 Å². The molecule has 2 rings (SSSR count). The van der Waals surface area contributed by atoms with Gasteiger partial charge in [-0.2, -0.15) is 0 Å². The molecular weight excluding hydrogens is 236 g/mol. The smallest absolute Gasteiger partial charge is 0.227 e. The molecule has 1 aromatic rings. The summed E-state index contributed by atoms with van der Waals surface area (Å²) in [6.45, 7) is 6.86. The summed E-state index contributed by atoms with van der Waals surface area (Å²) < 4.78 is 0. The van der Waals surface area contributed by atoms with Gasteiger partial charge < -0.3 is 11.1 Å². The normalized spacial score (nSPS) is 17.1. The SMILES string of the molecule is CC(C(=O)Nc1ccc(C(C)(C)CN)cc1)C1CC1. The molecule has 1 saturated carbocycles. The molecular formula is C16H24N2O. The Morgan fingerprint density at radius 2 is 1.95 bits per heavy atom. The number of amides is 1. The van der Waals surface area contributed by atoms with Gasteiger partial charge in [-0.3, -0.25) is 4.79 Å². The highest BCUT2D eigenvalue weighted by Gasteiger charge is 2.32. The molecule has 3 nitrogen and oxygen atoms in total. The minimum Gasteiger partial charge on any atom is -0.330 e. The van der Waals surface area contributed by atoms with Crippen molar-refractivity contribution in [3.05, 3.63) is 29.8 Å². The maximum Gasteiger partial charge on any atom is 0.227 e. The lowest BCUT2D eigenvalue weighted by molar-refractivity contribution is -0.119. The summed E-state index contributed by atoms with van der Waals surface area (Å²) in [5.74, 6) is 0.851. The van der Waals surface area contributed by atoms with E-state index in [0.29, 0.717) is 12.5 Å². The number of nitrogens with one attached hydrogen (secondary N) is 1. The van der Waals surface area contributed by atoms with Crippen molar-refractivity contribution in [2.75, 3.05) is 11.9 Å². The van der Waals surface area contributed by atoms with Crippen LogP contribution in [0.1, 0.15) is 39.2 Å². The van der Waals surface area contributed by atoms with Crippen molar-refractivity contribution in [2.24, 2.45) is 17.6 Å². The van der Waals surface area contributed by atoms with E-state index in [1.54, 1.807) is 0 Å². The minimum atomic E-state index is -0.0240. The second-order valence-corrected chi connectivity index (χ2v) is 6.28. The molecule has 1 unspecified atom stereocenters. The van der Waals surface area contributed by atoms with E-state index in [0.717, 1.165) is 5.69 Å². The Labute approximate surface area is 115 Å². The molecule has 0 aromatic heterocycles. The van der Waals surface area contributed by atoms with E-state index in [1.165, 1.54) is 18.4 Å². The largest absolute Gasteiger partial charge is 0.330 e. The molecule has 1 aliphatic rings. The number of hydrogen-bond acceptors (Lipinski definition) is 2. The summed E-state index contributed by atoms with van der Waals surface area (Å²) in [6, 6.07) is 8.02. The lowest BCUT2D eigenvalue weighted by Crippen LogP contribution is -2.28. The quantitative estimate of drug-likeness (QED) is 0.855. The first kappa shape index (κ1) is 14.1. The zero-order valence-electron chi connectivity index (χ0n) is 12.1. The van der Waals surface area contributed by atoms with Crippen LogP contribution < -0.4 is 11.1 Å². The maximum absolute atomic E-state index is 12.0. The number of anilines is 1. The third-order valence-electron chi connectivity index (χ3n) is 4.19. The van der Waals surface area contributed by atoms with E-state index in [-0.39, 0.29) is 17.2 Å². The molecule has 0 saturated heterocycles. The van der Waals surface area contributed by atoms with Gasteiger partial charge in [-0.1, -0.05) is 32.9 Å². The lowest BCUT2D eigenvalue weighted by Gasteiger charge is -2.23. The average Bonchev–Trinajstić information content (AvgIpc) is 3.22. The van der Waals surface area contributed by atoms with Gasteiger partial charge in [0.25, 0.3) is 0 Å². The predicted molar refractivity (Wildman–Crippen MR) is 79.0 cm³/mol. The number of carbonyl (C=O) groups excluding carboxylic acids is 1. The molecule has 0 aliphatic heterocycles. The van der Waals surface area contributed by atoms with Gasteiger partial charge in [0.15, 0.2) is 0 Å². The Balaban J connectivity index is 2.00. The summed E-state index contributed by atoms with van der Waals surface area (Å²) in [5.41, 5.74) is 7.81. The van der Waals surface area contributed by atoms with Crippen molar-refractivity contribution >= 4 is 11.6 Å². The van der Waals surface area contributed by atoms with E-state index in [9.17, 15) is 4.79 Å². The van der Waals surface area contributed by atoms with E-state index in [2.05, 4.69) is 19.2 Å². The molecule has 0 bridgehead atoms. The molecule has 1 atom stereocenters. The summed E-state index contributed by atoms with van der Waals surface area (Å²) in [5, 5.41) is 2.99. The Morgan fingerprint density at radius 3 is 2.42 bits per heavy atom. The van der Waals surface area contributed by atoms with E-state index >= 15 is 0 Å². The van der Waals surface area contributed by atoms with Crippen LogP contribution in [0.2, 0.25) is 0 Å². The number of carbonyl (C=O) groups is 1. The Hall–Kier alpha value is -1.35. The van der Waals surface area contributed by atoms with Crippen LogP contribution in [0.5, 0.6) is 0 Å². The molecule has 3 heteroatoms. The Bertz CT molecular complexity index is 446. The van der Waals surface area contributed by atoms with Gasteiger partial charge >= 0.3 is 0 Å². The highest BCUT2D eigenvalue weighted by molar-refractivity contribution is 5.92. The molecule has 0 spiro atoms. The van der Waals surface area contributed by atoms with Gasteiger partial charge in [-0.05, 0) is 36.5 Å². The second kappa shape index (κ2) is 5.33. The fourth-order valence-corrected chi connectivity index (χ4v) is 2.19. The molecule has 1 amide bonds. The van der Waals surface area contributed by atoms with Crippen molar-refractivity contribution in [2.45, 2.75) is 39.0 Å². The summed E-state index contributed by atoms with van der Waals surface area (Å²) in [4.78, 5) is 12.0. The Morgan fingerprint density at radius 1 is 1.37 bits per heavy atom. The highest BCUT2D eigenvalue weighted by atomic mass is 16.1. The second-order valence-electron chi connectivity index (χ2n) is 6.28. The predicted octanol–water partition coefficient (Wildman–Crippen LogP) is 2.91. The van der Waals surface area contributed by atoms with Crippen LogP contribution in [0.25, 0.3) is 0 Å². The topological polar surface area (TPSA) is 55.1 Å². The Kier molecular flexibility index (Phi) is 3.95. The van der Waals surface area contributed by atoms with Gasteiger partial charge in [0.2, 0.25) is 5.91 Å². The maximum atomic E-state index is 12.0. The molecule has 3 N–H and O–H groups in total.